The molecule has 1 fully saturated rings. The molecule has 4 heteroatoms. The molecule has 0 bridgehead atoms. The molecule has 0 aromatic carbocycles. The number of nitrogens with one attached hydrogen (secondary N) is 1. The summed E-state index contributed by atoms with van der Waals surface area (Å²) < 4.78 is 5.90. The van der Waals surface area contributed by atoms with Crippen molar-refractivity contribution in [2.75, 3.05) is 7.05 Å². The number of aromatic nitrogens is 2. The van der Waals surface area contributed by atoms with Gasteiger partial charge < -0.3 is 10.1 Å². The normalized spacial score (nSPS) is 32.1. The first-order valence-corrected chi connectivity index (χ1v) is 7.67. The van der Waals surface area contributed by atoms with Crippen LogP contribution in [-0.4, -0.2) is 23.1 Å². The second-order valence-electron chi connectivity index (χ2n) is 7.03. The molecule has 1 aromatic heterocycles. The van der Waals surface area contributed by atoms with Gasteiger partial charge in [-0.15, -0.1) is 0 Å². The van der Waals surface area contributed by atoms with Crippen LogP contribution >= 0.6 is 0 Å². The van der Waals surface area contributed by atoms with Gasteiger partial charge in [0.05, 0.1) is 6.10 Å². The Labute approximate surface area is 121 Å². The Kier molecular flexibility index (Phi) is 3.55. The van der Waals surface area contributed by atoms with Crippen LogP contribution in [-0.2, 0) is 11.2 Å². The molecular weight excluding hydrogens is 250 g/mol. The molecule has 110 valence electrons. The third kappa shape index (κ3) is 2.59. The number of rotatable bonds is 2. The van der Waals surface area contributed by atoms with Gasteiger partial charge in [-0.05, 0) is 45.1 Å². The third-order valence-electron chi connectivity index (χ3n) is 4.57. The Morgan fingerprint density at radius 1 is 1.35 bits per heavy atom. The van der Waals surface area contributed by atoms with E-state index in [0.29, 0.717) is 12.1 Å². The Morgan fingerprint density at radius 2 is 2.15 bits per heavy atom. The molecule has 1 N–H and O–H groups in total. The van der Waals surface area contributed by atoms with Gasteiger partial charge >= 0.3 is 0 Å². The first-order chi connectivity index (χ1) is 9.48. The van der Waals surface area contributed by atoms with Crippen molar-refractivity contribution in [2.24, 2.45) is 5.41 Å². The van der Waals surface area contributed by atoms with Gasteiger partial charge in [-0.25, -0.2) is 9.97 Å². The lowest BCUT2D eigenvalue weighted by molar-refractivity contribution is 0.0499. The van der Waals surface area contributed by atoms with Crippen molar-refractivity contribution in [2.45, 2.75) is 64.7 Å². The number of hydrogen-bond acceptors (Lipinski definition) is 4. The van der Waals surface area contributed by atoms with Gasteiger partial charge in [0.15, 0.2) is 5.82 Å². The first-order valence-electron chi connectivity index (χ1n) is 7.67. The van der Waals surface area contributed by atoms with E-state index in [0.717, 1.165) is 31.5 Å². The molecule has 0 saturated carbocycles. The van der Waals surface area contributed by atoms with Crippen LogP contribution in [0.4, 0.5) is 0 Å². The van der Waals surface area contributed by atoms with Crippen LogP contribution in [0, 0.1) is 5.41 Å². The van der Waals surface area contributed by atoms with E-state index < -0.39 is 0 Å². The van der Waals surface area contributed by atoms with Gasteiger partial charge in [0.25, 0.3) is 0 Å². The molecule has 3 unspecified atom stereocenters. The van der Waals surface area contributed by atoms with Crippen LogP contribution < -0.4 is 5.32 Å². The summed E-state index contributed by atoms with van der Waals surface area (Å²) in [5, 5.41) is 3.40. The molecule has 1 saturated heterocycles. The fourth-order valence-electron chi connectivity index (χ4n) is 3.47. The molecule has 1 aliphatic carbocycles. The molecule has 0 radical (unpaired) electrons. The van der Waals surface area contributed by atoms with E-state index in [9.17, 15) is 0 Å². The average Bonchev–Trinajstić information content (AvgIpc) is 2.82. The fraction of sp³-hybridized carbons (Fsp3) is 0.750. The Bertz CT molecular complexity index is 500. The zero-order chi connectivity index (χ0) is 14.3. The molecule has 0 spiro atoms. The maximum atomic E-state index is 5.90. The highest BCUT2D eigenvalue weighted by Crippen LogP contribution is 2.40. The maximum Gasteiger partial charge on any atom is 0.157 e. The van der Waals surface area contributed by atoms with Crippen molar-refractivity contribution >= 4 is 0 Å². The monoisotopic (exact) mass is 275 g/mol. The van der Waals surface area contributed by atoms with Crippen LogP contribution in [0.3, 0.4) is 0 Å². The number of ether oxygens (including phenoxy) is 1. The second-order valence-corrected chi connectivity index (χ2v) is 7.03. The predicted molar refractivity (Wildman–Crippen MR) is 78.5 cm³/mol. The minimum absolute atomic E-state index is 0.0911. The van der Waals surface area contributed by atoms with Crippen molar-refractivity contribution in [3.8, 4) is 0 Å². The third-order valence-corrected chi connectivity index (χ3v) is 4.57. The quantitative estimate of drug-likeness (QED) is 0.901. The Balaban J connectivity index is 1.91. The summed E-state index contributed by atoms with van der Waals surface area (Å²) in [6.07, 6.45) is 6.75. The van der Waals surface area contributed by atoms with E-state index >= 15 is 0 Å². The molecule has 4 nitrogen and oxygen atoms in total. The minimum Gasteiger partial charge on any atom is -0.367 e. The van der Waals surface area contributed by atoms with Crippen molar-refractivity contribution < 1.29 is 4.74 Å². The molecule has 3 atom stereocenters. The summed E-state index contributed by atoms with van der Waals surface area (Å²) in [7, 11) is 2.02. The zero-order valence-electron chi connectivity index (χ0n) is 12.9. The topological polar surface area (TPSA) is 47.0 Å². The average molecular weight is 275 g/mol. The minimum atomic E-state index is 0.0911. The fourth-order valence-corrected chi connectivity index (χ4v) is 3.47. The molecule has 0 amide bonds. The lowest BCUT2D eigenvalue weighted by atomic mass is 9.74. The predicted octanol–water partition coefficient (Wildman–Crippen LogP) is 2.95. The lowest BCUT2D eigenvalue weighted by Crippen LogP contribution is -2.33. The summed E-state index contributed by atoms with van der Waals surface area (Å²) in [5.41, 5.74) is 2.76. The van der Waals surface area contributed by atoms with Crippen LogP contribution in [0.5, 0.6) is 0 Å². The number of nitrogens with zero attached hydrogens (tertiary/aromatic N) is 2. The van der Waals surface area contributed by atoms with Gasteiger partial charge in [-0.2, -0.15) is 0 Å². The van der Waals surface area contributed by atoms with E-state index in [1.165, 1.54) is 11.3 Å². The van der Waals surface area contributed by atoms with Gasteiger partial charge in [-0.3, -0.25) is 0 Å². The summed E-state index contributed by atoms with van der Waals surface area (Å²) in [5.74, 6) is 0.876. The SMILES string of the molecule is CNC1CC(C)(C)Cc2nc(C3CCC(C)O3)ncc21. The summed E-state index contributed by atoms with van der Waals surface area (Å²) in [6.45, 7) is 6.75. The van der Waals surface area contributed by atoms with Crippen LogP contribution in [0.25, 0.3) is 0 Å². The second kappa shape index (κ2) is 5.08. The smallest absolute Gasteiger partial charge is 0.157 e. The highest BCUT2D eigenvalue weighted by molar-refractivity contribution is 5.27. The van der Waals surface area contributed by atoms with E-state index in [1.54, 1.807) is 0 Å². The van der Waals surface area contributed by atoms with E-state index in [4.69, 9.17) is 9.72 Å². The molecule has 3 rings (SSSR count). The summed E-state index contributed by atoms with van der Waals surface area (Å²) >= 11 is 0. The van der Waals surface area contributed by atoms with Gasteiger partial charge in [0, 0.05) is 23.5 Å². The summed E-state index contributed by atoms with van der Waals surface area (Å²) in [6, 6.07) is 0.367. The van der Waals surface area contributed by atoms with Crippen LogP contribution in [0.1, 0.15) is 69.3 Å². The van der Waals surface area contributed by atoms with Gasteiger partial charge in [0.2, 0.25) is 0 Å². The largest absolute Gasteiger partial charge is 0.367 e. The highest BCUT2D eigenvalue weighted by Gasteiger charge is 2.34. The van der Waals surface area contributed by atoms with E-state index in [2.05, 4.69) is 31.1 Å². The molecule has 1 aromatic rings. The highest BCUT2D eigenvalue weighted by atomic mass is 16.5. The summed E-state index contributed by atoms with van der Waals surface area (Å²) in [4.78, 5) is 9.43. The van der Waals surface area contributed by atoms with Crippen LogP contribution in [0.2, 0.25) is 0 Å². The van der Waals surface area contributed by atoms with Crippen molar-refractivity contribution in [3.05, 3.63) is 23.3 Å². The van der Waals surface area contributed by atoms with Crippen molar-refractivity contribution in [3.63, 3.8) is 0 Å². The molecule has 20 heavy (non-hydrogen) atoms. The number of hydrogen-bond donors (Lipinski definition) is 1. The standard InChI is InChI=1S/C16H25N3O/c1-10-5-6-14(20-10)15-18-9-11-12(17-4)7-16(2,3)8-13(11)19-15/h9-10,12,14,17H,5-8H2,1-4H3. The first kappa shape index (κ1) is 14.0. The molecule has 1 aliphatic heterocycles. The molecule has 2 aliphatic rings. The lowest BCUT2D eigenvalue weighted by Gasteiger charge is -2.36. The van der Waals surface area contributed by atoms with Crippen molar-refractivity contribution in [1.82, 2.24) is 15.3 Å². The maximum absolute atomic E-state index is 5.90. The van der Waals surface area contributed by atoms with Gasteiger partial charge in [-0.1, -0.05) is 13.8 Å². The zero-order valence-corrected chi connectivity index (χ0v) is 12.9. The Hall–Kier alpha value is -1.00. The van der Waals surface area contributed by atoms with E-state index in [-0.39, 0.29) is 11.5 Å². The number of fused-ring (bicyclic) bond motifs is 1. The van der Waals surface area contributed by atoms with Gasteiger partial charge in [0.1, 0.15) is 6.10 Å². The van der Waals surface area contributed by atoms with E-state index in [1.807, 2.05) is 13.2 Å². The molecule has 2 heterocycles. The van der Waals surface area contributed by atoms with Crippen molar-refractivity contribution in [1.29, 1.82) is 0 Å². The molecular formula is C16H25N3O. The Morgan fingerprint density at radius 3 is 2.80 bits per heavy atom. The van der Waals surface area contributed by atoms with Crippen LogP contribution in [0.15, 0.2) is 6.20 Å².